The Morgan fingerprint density at radius 2 is 1.76 bits per heavy atom. The second kappa shape index (κ2) is 10.7. The summed E-state index contributed by atoms with van der Waals surface area (Å²) in [6, 6.07) is 5.89. The van der Waals surface area contributed by atoms with Gasteiger partial charge in [-0.05, 0) is 44.2 Å². The van der Waals surface area contributed by atoms with Gasteiger partial charge in [0.1, 0.15) is 5.75 Å². The number of ether oxygens (including phenoxy) is 2. The quantitative estimate of drug-likeness (QED) is 0.607. The molecule has 0 saturated carbocycles. The van der Waals surface area contributed by atoms with E-state index in [4.69, 9.17) is 9.47 Å². The van der Waals surface area contributed by atoms with Gasteiger partial charge in [0.2, 0.25) is 0 Å². The Kier molecular flexibility index (Phi) is 9.03. The number of carbonyl (C=O) groups excluding carboxylic acids is 2. The monoisotopic (exact) mass is 349 g/mol. The van der Waals surface area contributed by atoms with Crippen LogP contribution in [0.1, 0.15) is 44.7 Å². The molecular formula is C20H31NO4. The first kappa shape index (κ1) is 21.0. The molecule has 1 aromatic rings. The second-order valence-electron chi connectivity index (χ2n) is 6.63. The molecule has 5 nitrogen and oxygen atoms in total. The number of para-hydroxylation sites is 1. The van der Waals surface area contributed by atoms with Crippen molar-refractivity contribution < 1.29 is 19.1 Å². The Hall–Kier alpha value is -2.04. The molecule has 5 heteroatoms. The molecule has 0 spiro atoms. The van der Waals surface area contributed by atoms with Gasteiger partial charge in [-0.15, -0.1) is 0 Å². The van der Waals surface area contributed by atoms with E-state index in [1.807, 2.05) is 32.0 Å². The van der Waals surface area contributed by atoms with Crippen molar-refractivity contribution >= 4 is 11.9 Å². The molecule has 0 aliphatic rings. The van der Waals surface area contributed by atoms with Gasteiger partial charge in [-0.25, -0.2) is 0 Å². The molecule has 0 aliphatic carbocycles. The van der Waals surface area contributed by atoms with Crippen LogP contribution in [0.5, 0.6) is 5.75 Å². The molecule has 25 heavy (non-hydrogen) atoms. The summed E-state index contributed by atoms with van der Waals surface area (Å²) in [6.45, 7) is 11.2. The zero-order valence-corrected chi connectivity index (χ0v) is 16.1. The van der Waals surface area contributed by atoms with E-state index in [9.17, 15) is 9.59 Å². The summed E-state index contributed by atoms with van der Waals surface area (Å²) in [5.74, 6) is 0.857. The number of hydrogen-bond donors (Lipinski definition) is 0. The minimum absolute atomic E-state index is 0.0212. The van der Waals surface area contributed by atoms with E-state index in [-0.39, 0.29) is 24.9 Å². The molecule has 0 saturated heterocycles. The fourth-order valence-electron chi connectivity index (χ4n) is 2.49. The maximum atomic E-state index is 12.6. The molecule has 0 N–H and O–H groups in total. The fourth-order valence-corrected chi connectivity index (χ4v) is 2.49. The third-order valence-electron chi connectivity index (χ3n) is 3.97. The molecule has 0 aromatic heterocycles. The first-order chi connectivity index (χ1) is 11.8. The second-order valence-corrected chi connectivity index (χ2v) is 6.63. The van der Waals surface area contributed by atoms with Gasteiger partial charge in [-0.1, -0.05) is 32.0 Å². The van der Waals surface area contributed by atoms with Crippen molar-refractivity contribution in [2.75, 3.05) is 26.3 Å². The third kappa shape index (κ3) is 7.59. The Bertz CT molecular complexity index is 549. The van der Waals surface area contributed by atoms with E-state index in [1.165, 1.54) is 0 Å². The highest BCUT2D eigenvalue weighted by Gasteiger charge is 2.17. The smallest absolute Gasteiger partial charge is 0.307 e. The normalized spacial score (nSPS) is 10.6. The number of nitrogens with zero attached hydrogens (tertiary/aromatic N) is 1. The molecule has 0 atom stereocenters. The number of esters is 1. The summed E-state index contributed by atoms with van der Waals surface area (Å²) >= 11 is 0. The lowest BCUT2D eigenvalue weighted by Crippen LogP contribution is -2.38. The SMILES string of the molecule is CCOC(=O)CCN(CCC(C)C)C(=O)COc1c(C)cccc1C. The highest BCUT2D eigenvalue weighted by atomic mass is 16.5. The number of hydrogen-bond acceptors (Lipinski definition) is 4. The Morgan fingerprint density at radius 1 is 1.12 bits per heavy atom. The number of rotatable bonds is 10. The van der Waals surface area contributed by atoms with Gasteiger partial charge in [0, 0.05) is 13.1 Å². The van der Waals surface area contributed by atoms with Crippen LogP contribution in [0.2, 0.25) is 0 Å². The highest BCUT2D eigenvalue weighted by molar-refractivity contribution is 5.78. The third-order valence-corrected chi connectivity index (χ3v) is 3.97. The summed E-state index contributed by atoms with van der Waals surface area (Å²) in [6.07, 6.45) is 1.10. The lowest BCUT2D eigenvalue weighted by Gasteiger charge is -2.24. The van der Waals surface area contributed by atoms with Gasteiger partial charge < -0.3 is 14.4 Å². The Morgan fingerprint density at radius 3 is 2.32 bits per heavy atom. The van der Waals surface area contributed by atoms with Crippen molar-refractivity contribution in [3.63, 3.8) is 0 Å². The fraction of sp³-hybridized carbons (Fsp3) is 0.600. The van der Waals surface area contributed by atoms with Crippen LogP contribution < -0.4 is 4.74 Å². The van der Waals surface area contributed by atoms with Crippen LogP contribution in [-0.4, -0.2) is 43.1 Å². The summed E-state index contributed by atoms with van der Waals surface area (Å²) in [5, 5.41) is 0. The van der Waals surface area contributed by atoms with Crippen LogP contribution in [0.15, 0.2) is 18.2 Å². The Balaban J connectivity index is 2.65. The zero-order valence-electron chi connectivity index (χ0n) is 16.1. The standard InChI is InChI=1S/C20H31NO4/c1-6-24-19(23)11-13-21(12-10-15(2)3)18(22)14-25-20-16(4)8-7-9-17(20)5/h7-9,15H,6,10-14H2,1-5H3. The molecular weight excluding hydrogens is 318 g/mol. The van der Waals surface area contributed by atoms with E-state index in [0.29, 0.717) is 25.6 Å². The minimum Gasteiger partial charge on any atom is -0.483 e. The van der Waals surface area contributed by atoms with Gasteiger partial charge in [-0.2, -0.15) is 0 Å². The van der Waals surface area contributed by atoms with Crippen LogP contribution in [0.4, 0.5) is 0 Å². The summed E-state index contributed by atoms with van der Waals surface area (Å²) in [5.41, 5.74) is 2.01. The van der Waals surface area contributed by atoms with Gasteiger partial charge in [0.15, 0.2) is 6.61 Å². The van der Waals surface area contributed by atoms with Crippen molar-refractivity contribution in [3.8, 4) is 5.75 Å². The van der Waals surface area contributed by atoms with E-state index < -0.39 is 0 Å². The average Bonchev–Trinajstić information content (AvgIpc) is 2.54. The lowest BCUT2D eigenvalue weighted by molar-refractivity contribution is -0.144. The minimum atomic E-state index is -0.277. The van der Waals surface area contributed by atoms with Crippen LogP contribution in [-0.2, 0) is 14.3 Å². The zero-order chi connectivity index (χ0) is 18.8. The molecule has 1 aromatic carbocycles. The molecule has 140 valence electrons. The predicted molar refractivity (Wildman–Crippen MR) is 98.7 cm³/mol. The first-order valence-corrected chi connectivity index (χ1v) is 8.97. The number of amides is 1. The van der Waals surface area contributed by atoms with E-state index in [1.54, 1.807) is 11.8 Å². The van der Waals surface area contributed by atoms with Gasteiger partial charge in [0.25, 0.3) is 5.91 Å². The van der Waals surface area contributed by atoms with Crippen molar-refractivity contribution in [1.82, 2.24) is 4.90 Å². The molecule has 1 rings (SSSR count). The summed E-state index contributed by atoms with van der Waals surface area (Å²) in [4.78, 5) is 25.9. The van der Waals surface area contributed by atoms with Crippen molar-refractivity contribution in [2.24, 2.45) is 5.92 Å². The average molecular weight is 349 g/mol. The van der Waals surface area contributed by atoms with Crippen LogP contribution in [0, 0.1) is 19.8 Å². The summed E-state index contributed by atoms with van der Waals surface area (Å²) < 4.78 is 10.7. The van der Waals surface area contributed by atoms with Crippen molar-refractivity contribution in [1.29, 1.82) is 0 Å². The largest absolute Gasteiger partial charge is 0.483 e. The van der Waals surface area contributed by atoms with Gasteiger partial charge in [0.05, 0.1) is 13.0 Å². The molecule has 1 amide bonds. The topological polar surface area (TPSA) is 55.8 Å². The number of benzene rings is 1. The van der Waals surface area contributed by atoms with Crippen molar-refractivity contribution in [3.05, 3.63) is 29.3 Å². The highest BCUT2D eigenvalue weighted by Crippen LogP contribution is 2.22. The van der Waals surface area contributed by atoms with Gasteiger partial charge in [-0.3, -0.25) is 9.59 Å². The number of aryl methyl sites for hydroxylation is 2. The molecule has 0 fully saturated rings. The van der Waals surface area contributed by atoms with Crippen molar-refractivity contribution in [2.45, 2.75) is 47.5 Å². The molecule has 0 bridgehead atoms. The van der Waals surface area contributed by atoms with E-state index in [2.05, 4.69) is 13.8 Å². The molecule has 0 heterocycles. The first-order valence-electron chi connectivity index (χ1n) is 8.97. The summed E-state index contributed by atoms with van der Waals surface area (Å²) in [7, 11) is 0. The molecule has 0 unspecified atom stereocenters. The van der Waals surface area contributed by atoms with Gasteiger partial charge >= 0.3 is 5.97 Å². The van der Waals surface area contributed by atoms with E-state index in [0.717, 1.165) is 23.3 Å². The molecule has 0 radical (unpaired) electrons. The van der Waals surface area contributed by atoms with Crippen LogP contribution in [0.3, 0.4) is 0 Å². The molecule has 0 aliphatic heterocycles. The van der Waals surface area contributed by atoms with Crippen LogP contribution in [0.25, 0.3) is 0 Å². The number of carbonyl (C=O) groups is 2. The van der Waals surface area contributed by atoms with E-state index >= 15 is 0 Å². The lowest BCUT2D eigenvalue weighted by atomic mass is 10.1. The maximum absolute atomic E-state index is 12.6. The maximum Gasteiger partial charge on any atom is 0.307 e. The van der Waals surface area contributed by atoms with Crippen LogP contribution >= 0.6 is 0 Å². The Labute approximate surface area is 151 Å². The predicted octanol–water partition coefficient (Wildman–Crippen LogP) is 3.51.